The number of amides is 1. The lowest BCUT2D eigenvalue weighted by Crippen LogP contribution is -2.34. The van der Waals surface area contributed by atoms with Crippen molar-refractivity contribution in [1.29, 1.82) is 0 Å². The number of likely N-dealkylation sites (tertiary alicyclic amines) is 1. The minimum absolute atomic E-state index is 0. The van der Waals surface area contributed by atoms with Crippen LogP contribution in [0.15, 0.2) is 12.1 Å². The van der Waals surface area contributed by atoms with E-state index in [-0.39, 0.29) is 40.9 Å². The summed E-state index contributed by atoms with van der Waals surface area (Å²) in [5, 5.41) is 0. The summed E-state index contributed by atoms with van der Waals surface area (Å²) in [6.45, 7) is 3.72. The van der Waals surface area contributed by atoms with Crippen LogP contribution in [0.4, 0.5) is 5.69 Å². The Morgan fingerprint density at radius 2 is 2.00 bits per heavy atom. The van der Waals surface area contributed by atoms with Gasteiger partial charge >= 0.3 is 0 Å². The summed E-state index contributed by atoms with van der Waals surface area (Å²) in [7, 11) is -0.715. The van der Waals surface area contributed by atoms with Crippen molar-refractivity contribution in [3.05, 3.63) is 17.7 Å². The summed E-state index contributed by atoms with van der Waals surface area (Å²) in [4.78, 5) is 14.6. The molecule has 0 aromatic heterocycles. The van der Waals surface area contributed by atoms with Crippen molar-refractivity contribution in [2.24, 2.45) is 11.1 Å². The molecule has 0 aliphatic carbocycles. The fraction of sp³-hybridized carbons (Fsp3) is 0.562. The van der Waals surface area contributed by atoms with Gasteiger partial charge in [0.25, 0.3) is 5.91 Å². The van der Waals surface area contributed by atoms with E-state index in [0.717, 1.165) is 12.7 Å². The average Bonchev–Trinajstić information content (AvgIpc) is 2.95. The molecule has 1 aliphatic heterocycles. The Bertz CT molecular complexity index is 771. The van der Waals surface area contributed by atoms with Crippen molar-refractivity contribution in [2.45, 2.75) is 13.3 Å². The third kappa shape index (κ3) is 4.93. The molecule has 1 aromatic rings. The molecule has 1 heterocycles. The Balaban J connectivity index is 0.00000338. The van der Waals surface area contributed by atoms with Crippen LogP contribution >= 0.6 is 12.4 Å². The molecule has 1 amide bonds. The second-order valence-corrected chi connectivity index (χ2v) is 8.37. The standard InChI is InChI=1S/C16H25N3O5S.ClH/c1-16(9-17)5-6-19(10-16)15(20)11-7-12(18-25(4,21)22)14(24-3)13(8-11)23-2;/h7-8,18H,5-6,9-10,17H2,1-4H3;1H. The fourth-order valence-corrected chi connectivity index (χ4v) is 3.46. The highest BCUT2D eigenvalue weighted by Gasteiger charge is 2.35. The lowest BCUT2D eigenvalue weighted by atomic mass is 9.90. The van der Waals surface area contributed by atoms with E-state index in [9.17, 15) is 13.2 Å². The SMILES string of the molecule is COc1cc(C(=O)N2CCC(C)(CN)C2)cc(NS(C)(=O)=O)c1OC.Cl. The van der Waals surface area contributed by atoms with Crippen LogP contribution < -0.4 is 19.9 Å². The highest BCUT2D eigenvalue weighted by atomic mass is 35.5. The molecule has 3 N–H and O–H groups in total. The largest absolute Gasteiger partial charge is 0.493 e. The lowest BCUT2D eigenvalue weighted by Gasteiger charge is -2.23. The number of benzene rings is 1. The number of rotatable bonds is 6. The lowest BCUT2D eigenvalue weighted by molar-refractivity contribution is 0.0776. The van der Waals surface area contributed by atoms with Gasteiger partial charge in [0.1, 0.15) is 0 Å². The van der Waals surface area contributed by atoms with Gasteiger partial charge < -0.3 is 20.1 Å². The normalized spacial score (nSPS) is 19.7. The van der Waals surface area contributed by atoms with E-state index in [1.807, 2.05) is 6.92 Å². The molecule has 1 fully saturated rings. The van der Waals surface area contributed by atoms with Gasteiger partial charge in [0, 0.05) is 18.7 Å². The first-order chi connectivity index (χ1) is 11.6. The Morgan fingerprint density at radius 1 is 1.35 bits per heavy atom. The molecular formula is C16H26ClN3O5S. The van der Waals surface area contributed by atoms with Crippen molar-refractivity contribution in [3.8, 4) is 11.5 Å². The quantitative estimate of drug-likeness (QED) is 0.735. The molecule has 1 aliphatic rings. The van der Waals surface area contributed by atoms with Crippen LogP contribution in [0.1, 0.15) is 23.7 Å². The molecule has 148 valence electrons. The van der Waals surface area contributed by atoms with E-state index in [4.69, 9.17) is 15.2 Å². The molecule has 0 saturated carbocycles. The smallest absolute Gasteiger partial charge is 0.254 e. The van der Waals surface area contributed by atoms with Crippen LogP contribution in [0, 0.1) is 5.41 Å². The van der Waals surface area contributed by atoms with Gasteiger partial charge in [-0.2, -0.15) is 0 Å². The number of anilines is 1. The van der Waals surface area contributed by atoms with Crippen molar-refractivity contribution in [3.63, 3.8) is 0 Å². The monoisotopic (exact) mass is 407 g/mol. The van der Waals surface area contributed by atoms with Crippen molar-refractivity contribution < 1.29 is 22.7 Å². The minimum Gasteiger partial charge on any atom is -0.493 e. The molecule has 10 heteroatoms. The summed E-state index contributed by atoms with van der Waals surface area (Å²) in [6.07, 6.45) is 1.86. The van der Waals surface area contributed by atoms with Gasteiger partial charge in [-0.3, -0.25) is 9.52 Å². The van der Waals surface area contributed by atoms with E-state index in [1.54, 1.807) is 11.0 Å². The number of carbonyl (C=O) groups excluding carboxylic acids is 1. The first-order valence-electron chi connectivity index (χ1n) is 7.85. The van der Waals surface area contributed by atoms with E-state index in [2.05, 4.69) is 4.72 Å². The molecule has 1 aromatic carbocycles. The van der Waals surface area contributed by atoms with Gasteiger partial charge in [0.15, 0.2) is 11.5 Å². The molecule has 26 heavy (non-hydrogen) atoms. The maximum Gasteiger partial charge on any atom is 0.254 e. The molecule has 0 spiro atoms. The number of sulfonamides is 1. The van der Waals surface area contributed by atoms with Crippen LogP contribution in [-0.4, -0.2) is 59.3 Å². The molecule has 1 saturated heterocycles. The Hall–Kier alpha value is -1.71. The first-order valence-corrected chi connectivity index (χ1v) is 9.75. The van der Waals surface area contributed by atoms with E-state index in [1.165, 1.54) is 20.3 Å². The Kier molecular flexibility index (Phi) is 7.15. The molecule has 0 radical (unpaired) electrons. The molecular weight excluding hydrogens is 382 g/mol. The number of methoxy groups -OCH3 is 2. The van der Waals surface area contributed by atoms with Crippen LogP contribution in [0.3, 0.4) is 0 Å². The number of nitrogens with one attached hydrogen (secondary N) is 1. The summed E-state index contributed by atoms with van der Waals surface area (Å²) >= 11 is 0. The van der Waals surface area contributed by atoms with Gasteiger partial charge in [-0.05, 0) is 30.5 Å². The minimum atomic E-state index is -3.55. The van der Waals surface area contributed by atoms with Gasteiger partial charge in [-0.1, -0.05) is 6.92 Å². The van der Waals surface area contributed by atoms with E-state index in [0.29, 0.717) is 25.2 Å². The molecule has 0 bridgehead atoms. The van der Waals surface area contributed by atoms with Crippen LogP contribution in [0.5, 0.6) is 11.5 Å². The summed E-state index contributed by atoms with van der Waals surface area (Å²) in [5.74, 6) is 0.299. The Morgan fingerprint density at radius 3 is 2.46 bits per heavy atom. The average molecular weight is 408 g/mol. The van der Waals surface area contributed by atoms with Crippen LogP contribution in [0.25, 0.3) is 0 Å². The predicted molar refractivity (Wildman–Crippen MR) is 103 cm³/mol. The Labute approximate surface area is 160 Å². The number of nitrogens with two attached hydrogens (primary N) is 1. The van der Waals surface area contributed by atoms with Gasteiger partial charge in [-0.15, -0.1) is 12.4 Å². The zero-order valence-corrected chi connectivity index (χ0v) is 17.0. The second kappa shape index (κ2) is 8.32. The molecule has 1 unspecified atom stereocenters. The summed E-state index contributed by atoms with van der Waals surface area (Å²) in [5.41, 5.74) is 6.18. The number of ether oxygens (including phenoxy) is 2. The number of hydrogen-bond acceptors (Lipinski definition) is 6. The number of nitrogens with zero attached hydrogens (tertiary/aromatic N) is 1. The predicted octanol–water partition coefficient (Wildman–Crippen LogP) is 1.31. The van der Waals surface area contributed by atoms with Gasteiger partial charge in [0.05, 0.1) is 26.2 Å². The fourth-order valence-electron chi connectivity index (χ4n) is 2.91. The maximum absolute atomic E-state index is 12.8. The zero-order valence-electron chi connectivity index (χ0n) is 15.4. The second-order valence-electron chi connectivity index (χ2n) is 6.63. The van der Waals surface area contributed by atoms with Crippen LogP contribution in [0.2, 0.25) is 0 Å². The zero-order chi connectivity index (χ0) is 18.8. The van der Waals surface area contributed by atoms with Crippen LogP contribution in [-0.2, 0) is 10.0 Å². The highest BCUT2D eigenvalue weighted by molar-refractivity contribution is 7.92. The highest BCUT2D eigenvalue weighted by Crippen LogP contribution is 2.38. The molecule has 2 rings (SSSR count). The van der Waals surface area contributed by atoms with Crippen molar-refractivity contribution in [2.75, 3.05) is 44.8 Å². The van der Waals surface area contributed by atoms with Crippen molar-refractivity contribution >= 4 is 34.0 Å². The first kappa shape index (κ1) is 22.3. The topological polar surface area (TPSA) is 111 Å². The van der Waals surface area contributed by atoms with Crippen molar-refractivity contribution in [1.82, 2.24) is 4.90 Å². The summed E-state index contributed by atoms with van der Waals surface area (Å²) in [6, 6.07) is 3.01. The third-order valence-electron chi connectivity index (χ3n) is 4.36. The number of hydrogen-bond donors (Lipinski definition) is 2. The van der Waals surface area contributed by atoms with Gasteiger partial charge in [0.2, 0.25) is 10.0 Å². The molecule has 8 nitrogen and oxygen atoms in total. The number of halogens is 1. The number of carbonyl (C=O) groups is 1. The van der Waals surface area contributed by atoms with Gasteiger partial charge in [-0.25, -0.2) is 8.42 Å². The molecule has 1 atom stereocenters. The van der Waals surface area contributed by atoms with E-state index < -0.39 is 10.0 Å². The third-order valence-corrected chi connectivity index (χ3v) is 4.95. The summed E-state index contributed by atoms with van der Waals surface area (Å²) < 4.78 is 36.1. The maximum atomic E-state index is 12.8. The van der Waals surface area contributed by atoms with E-state index >= 15 is 0 Å².